The Bertz CT molecular complexity index is 6480. The molecule has 117 heavy (non-hydrogen) atoms. The van der Waals surface area contributed by atoms with E-state index in [1.54, 1.807) is 0 Å². The van der Waals surface area contributed by atoms with Gasteiger partial charge in [-0.15, -0.1) is 0 Å². The van der Waals surface area contributed by atoms with Gasteiger partial charge in [0.15, 0.2) is 8.07 Å². The first-order chi connectivity index (χ1) is 57.3. The number of fused-ring (bicyclic) bond motifs is 9. The topological polar surface area (TPSA) is 24.9 Å². The van der Waals surface area contributed by atoms with E-state index >= 15 is 0 Å². The number of nitrogens with zero attached hydrogens (tertiary/aromatic N) is 2. The molecular weight excluding hydrogens is 1430 g/mol. The van der Waals surface area contributed by atoms with Crippen LogP contribution in [0.2, 0.25) is 0 Å². The van der Waals surface area contributed by atoms with Crippen LogP contribution >= 0.6 is 0 Å². The first-order valence-electron chi connectivity index (χ1n) is 41.0. The Morgan fingerprint density at radius 1 is 0.231 bits per heavy atom. The third-order valence-corrected chi connectivity index (χ3v) is 29.6. The Morgan fingerprint density at radius 2 is 0.624 bits per heavy atom. The van der Waals surface area contributed by atoms with E-state index in [1.807, 2.05) is 0 Å². The van der Waals surface area contributed by atoms with Crippen LogP contribution in [0.5, 0.6) is 23.0 Å². The Morgan fingerprint density at radius 3 is 1.09 bits per heavy atom. The molecule has 4 heterocycles. The molecule has 0 aromatic heterocycles. The minimum absolute atomic E-state index is 0.231. The number of hydrogen-bond donors (Lipinski definition) is 0. The van der Waals surface area contributed by atoms with Gasteiger partial charge in [-0.05, 0) is 150 Å². The van der Waals surface area contributed by atoms with Gasteiger partial charge in [-0.1, -0.05) is 406 Å². The van der Waals surface area contributed by atoms with Crippen molar-refractivity contribution in [2.45, 2.75) is 52.4 Å². The number of para-hydroxylation sites is 2. The predicted molar refractivity (Wildman–Crippen MR) is 497 cm³/mol. The second-order valence-corrected chi connectivity index (χ2v) is 37.5. The van der Waals surface area contributed by atoms with Crippen LogP contribution in [-0.2, 0) is 10.8 Å². The lowest BCUT2D eigenvalue weighted by Gasteiger charge is -2.48. The summed E-state index contributed by atoms with van der Waals surface area (Å²) in [6.45, 7) is 13.3. The fourth-order valence-electron chi connectivity index (χ4n) is 19.3. The summed E-state index contributed by atoms with van der Waals surface area (Å²) in [7, 11) is -3.06. The molecule has 0 saturated heterocycles. The third-order valence-electron chi connectivity index (χ3n) is 24.8. The van der Waals surface area contributed by atoms with E-state index in [0.29, 0.717) is 0 Å². The molecule has 4 aliphatic heterocycles. The van der Waals surface area contributed by atoms with Gasteiger partial charge in [0.2, 0.25) is 0 Å². The summed E-state index contributed by atoms with van der Waals surface area (Å²) in [5, 5.41) is 5.21. The maximum absolute atomic E-state index is 8.34. The lowest BCUT2D eigenvalue weighted by molar-refractivity contribution is 0.466. The van der Waals surface area contributed by atoms with Crippen LogP contribution in [0, 0.1) is 0 Å². The molecule has 17 aromatic carbocycles. The normalized spacial score (nSPS) is 12.9. The highest BCUT2D eigenvalue weighted by molar-refractivity contribution is 7.20. The zero-order valence-electron chi connectivity index (χ0n) is 66.5. The molecule has 0 amide bonds. The number of anilines is 6. The van der Waals surface area contributed by atoms with E-state index in [0.717, 1.165) is 162 Å². The van der Waals surface area contributed by atoms with Crippen molar-refractivity contribution >= 4 is 109 Å². The quantitative estimate of drug-likeness (QED) is 0.0848. The molecule has 0 N–H and O–H groups in total. The van der Waals surface area contributed by atoms with Crippen molar-refractivity contribution in [2.24, 2.45) is 0 Å². The van der Waals surface area contributed by atoms with E-state index < -0.39 is 14.8 Å². The summed E-state index contributed by atoms with van der Waals surface area (Å²) in [4.78, 5) is 5.33. The van der Waals surface area contributed by atoms with Gasteiger partial charge in [-0.3, -0.25) is 0 Å². The summed E-state index contributed by atoms with van der Waals surface area (Å²) < 4.78 is 16.7. The number of ether oxygens (including phenoxy) is 2. The predicted octanol–water partition coefficient (Wildman–Crippen LogP) is 22.1. The Kier molecular flexibility index (Phi) is 17.2. The first-order valence-corrected chi connectivity index (χ1v) is 43.0. The fraction of sp³-hybridized carbons (Fsp3) is 0.0727. The van der Waals surface area contributed by atoms with Crippen molar-refractivity contribution in [3.63, 3.8) is 0 Å². The van der Waals surface area contributed by atoms with Crippen LogP contribution in [-0.4, -0.2) is 21.5 Å². The van der Waals surface area contributed by atoms with Crippen LogP contribution < -0.4 is 72.8 Å². The molecule has 0 unspecified atom stereocenters. The molecule has 0 bridgehead atoms. The zero-order valence-corrected chi connectivity index (χ0v) is 67.5. The largest absolute Gasteiger partial charge is 0.459 e. The van der Waals surface area contributed by atoms with Crippen LogP contribution in [0.25, 0.3) is 77.9 Å². The Hall–Kier alpha value is -13.7. The zero-order chi connectivity index (χ0) is 78.7. The van der Waals surface area contributed by atoms with Crippen LogP contribution in [0.1, 0.15) is 52.7 Å². The van der Waals surface area contributed by atoms with Gasteiger partial charge in [0, 0.05) is 62.1 Å². The molecule has 0 fully saturated rings. The Labute approximate surface area is 688 Å². The van der Waals surface area contributed by atoms with E-state index in [2.05, 4.69) is 452 Å². The van der Waals surface area contributed by atoms with E-state index in [1.165, 1.54) is 37.3 Å². The van der Waals surface area contributed by atoms with Gasteiger partial charge in [-0.2, -0.15) is 0 Å². The molecule has 21 rings (SSSR count). The summed E-state index contributed by atoms with van der Waals surface area (Å²) in [6.07, 6.45) is 0. The van der Waals surface area contributed by atoms with Gasteiger partial charge in [0.25, 0.3) is 13.4 Å². The average Bonchev–Trinajstić information content (AvgIpc) is 0.672. The molecule has 556 valence electrons. The minimum Gasteiger partial charge on any atom is -0.459 e. The van der Waals surface area contributed by atoms with E-state index in [4.69, 9.17) is 9.47 Å². The Balaban J connectivity index is 0.914. The van der Waals surface area contributed by atoms with Gasteiger partial charge in [0.1, 0.15) is 23.0 Å². The SMILES string of the molecule is CC(C)(C)c1ccc2c(c1)Oc1c3c(cc4c1B1c5ccc(-c6ccccc6)cc5N(c5c(-c6ccccc6)cccc5-c5ccccc5)c5cc(C(C)(C)C)cc(c51)N4c1c(-c4ccccc4)cccc1-c1ccccc1)Oc1c(cc(-c4ccccc4)cc1-c1cccc([Si](c4ccccc4)(c4ccccc4)c4ccccc4)c1)B23. The average molecular weight is 1520 g/mol. The van der Waals surface area contributed by atoms with Gasteiger partial charge < -0.3 is 19.3 Å². The van der Waals surface area contributed by atoms with Crippen LogP contribution in [0.3, 0.4) is 0 Å². The highest BCUT2D eigenvalue weighted by atomic mass is 28.3. The van der Waals surface area contributed by atoms with Gasteiger partial charge in [0.05, 0.1) is 11.4 Å². The maximum Gasteiger partial charge on any atom is 0.260 e. The standard InChI is InChI=1S/C110H84B2N2O2Si/c1-109(2,3)82-62-64-94-100(71-82)115-108-103-99(72-101-104(108)111(94)95-67-81(74-39-18-8-19-40-74)66-92(107(95)116-101)80-49-34-56-87(65-80)117(84-50-28-13-29-51-84,85-52-30-14-31-53-85)86-54-32-15-33-55-86)114(106-90(77-45-24-11-25-46-77)59-36-60-91(106)78-47-26-12-27-48-78)98-70-83(110(4,5)6)69-97-102(98)112(103)93-63-61-79(73-37-16-7-17-38-73)68-96(93)113(97)105-88(75-41-20-9-21-42-75)57-35-58-89(105)76-43-22-10-23-44-76/h7-72H,1-6H3. The van der Waals surface area contributed by atoms with Crippen molar-refractivity contribution in [2.75, 3.05) is 9.80 Å². The highest BCUT2D eigenvalue weighted by Gasteiger charge is 2.52. The summed E-state index contributed by atoms with van der Waals surface area (Å²) >= 11 is 0. The molecule has 0 aliphatic carbocycles. The van der Waals surface area contributed by atoms with E-state index in [9.17, 15) is 0 Å². The molecule has 17 aromatic rings. The van der Waals surface area contributed by atoms with Crippen LogP contribution in [0.15, 0.2) is 400 Å². The van der Waals surface area contributed by atoms with Crippen molar-refractivity contribution < 1.29 is 9.47 Å². The lowest BCUT2D eigenvalue weighted by Crippen LogP contribution is -2.74. The molecule has 0 atom stereocenters. The van der Waals surface area contributed by atoms with Gasteiger partial charge >= 0.3 is 0 Å². The molecular formula is C110H84B2N2O2Si. The summed E-state index contributed by atoms with van der Waals surface area (Å²) in [5.74, 6) is 3.21. The molecule has 0 saturated carbocycles. The van der Waals surface area contributed by atoms with E-state index in [-0.39, 0.29) is 17.5 Å². The lowest BCUT2D eigenvalue weighted by atomic mass is 9.30. The molecule has 4 aliphatic rings. The summed E-state index contributed by atoms with van der Waals surface area (Å²) in [6, 6.07) is 150. The second-order valence-electron chi connectivity index (χ2n) is 33.7. The number of benzene rings is 17. The second kappa shape index (κ2) is 28.4. The van der Waals surface area contributed by atoms with Crippen molar-refractivity contribution in [1.82, 2.24) is 0 Å². The van der Waals surface area contributed by atoms with Crippen molar-refractivity contribution in [3.05, 3.63) is 412 Å². The van der Waals surface area contributed by atoms with Crippen LogP contribution in [0.4, 0.5) is 34.1 Å². The summed E-state index contributed by atoms with van der Waals surface area (Å²) in [5.41, 5.74) is 30.2. The molecule has 7 heteroatoms. The first kappa shape index (κ1) is 71.1. The van der Waals surface area contributed by atoms with Gasteiger partial charge in [-0.25, -0.2) is 0 Å². The maximum atomic E-state index is 8.34. The fourth-order valence-corrected chi connectivity index (χ4v) is 24.1. The molecule has 0 spiro atoms. The van der Waals surface area contributed by atoms with Crippen molar-refractivity contribution in [3.8, 4) is 101 Å². The third kappa shape index (κ3) is 11.9. The van der Waals surface area contributed by atoms with Crippen molar-refractivity contribution in [1.29, 1.82) is 0 Å². The smallest absolute Gasteiger partial charge is 0.260 e. The monoisotopic (exact) mass is 1510 g/mol. The minimum atomic E-state index is -3.06. The number of hydrogen-bond acceptors (Lipinski definition) is 4. The molecule has 4 nitrogen and oxygen atoms in total. The molecule has 0 radical (unpaired) electrons. The highest BCUT2D eigenvalue weighted by Crippen LogP contribution is 2.56. The number of rotatable bonds is 13.